The zero-order chi connectivity index (χ0) is 20.1. The average Bonchev–Trinajstić information content (AvgIpc) is 2.73. The van der Waals surface area contributed by atoms with Gasteiger partial charge < -0.3 is 19.7 Å². The van der Waals surface area contributed by atoms with Crippen LogP contribution in [0.15, 0.2) is 18.2 Å². The van der Waals surface area contributed by atoms with Gasteiger partial charge in [-0.3, -0.25) is 14.5 Å². The number of nitrogens with zero attached hydrogens (tertiary/aromatic N) is 2. The molecule has 0 spiro atoms. The van der Waals surface area contributed by atoms with Crippen LogP contribution in [0.2, 0.25) is 5.02 Å². The summed E-state index contributed by atoms with van der Waals surface area (Å²) < 4.78 is 10.4. The number of rotatable bonds is 5. The monoisotopic (exact) mass is 409 g/mol. The van der Waals surface area contributed by atoms with Gasteiger partial charge in [0.2, 0.25) is 11.8 Å². The number of anilines is 1. The molecule has 2 heterocycles. The molecule has 1 aromatic rings. The van der Waals surface area contributed by atoms with E-state index in [1.807, 2.05) is 11.8 Å². The zero-order valence-corrected chi connectivity index (χ0v) is 17.2. The number of methoxy groups -OCH3 is 1. The maximum Gasteiger partial charge on any atom is 0.241 e. The average molecular weight is 410 g/mol. The Hall–Kier alpha value is -1.83. The fraction of sp³-hybridized carbons (Fsp3) is 0.600. The van der Waals surface area contributed by atoms with Crippen LogP contribution >= 0.6 is 11.6 Å². The minimum absolute atomic E-state index is 0.0463. The first kappa shape index (κ1) is 20.9. The quantitative estimate of drug-likeness (QED) is 0.807. The second-order valence-electron chi connectivity index (χ2n) is 7.26. The SMILES string of the molecule is COc1ccc(NC(=O)[C@H](C)N2CCC(C(=O)N3CCOCC3)CC2)cc1Cl. The van der Waals surface area contributed by atoms with E-state index in [1.165, 1.54) is 0 Å². The van der Waals surface area contributed by atoms with Crippen molar-refractivity contribution < 1.29 is 19.1 Å². The van der Waals surface area contributed by atoms with Crippen LogP contribution in [-0.4, -0.2) is 74.2 Å². The molecular weight excluding hydrogens is 382 g/mol. The molecule has 0 radical (unpaired) electrons. The summed E-state index contributed by atoms with van der Waals surface area (Å²) in [6.45, 7) is 5.97. The molecule has 2 saturated heterocycles. The minimum Gasteiger partial charge on any atom is -0.495 e. The van der Waals surface area contributed by atoms with Crippen LogP contribution in [0.4, 0.5) is 5.69 Å². The molecule has 0 aromatic heterocycles. The Morgan fingerprint density at radius 3 is 2.50 bits per heavy atom. The Balaban J connectivity index is 1.50. The fourth-order valence-corrected chi connectivity index (χ4v) is 3.99. The third-order valence-corrected chi connectivity index (χ3v) is 5.84. The number of likely N-dealkylation sites (tertiary alicyclic amines) is 1. The number of nitrogens with one attached hydrogen (secondary N) is 1. The van der Waals surface area contributed by atoms with Gasteiger partial charge in [0.15, 0.2) is 0 Å². The summed E-state index contributed by atoms with van der Waals surface area (Å²) in [6.07, 6.45) is 1.56. The van der Waals surface area contributed by atoms with Crippen molar-refractivity contribution in [2.24, 2.45) is 5.92 Å². The summed E-state index contributed by atoms with van der Waals surface area (Å²) in [5, 5.41) is 3.36. The van der Waals surface area contributed by atoms with Crippen LogP contribution in [0.25, 0.3) is 0 Å². The summed E-state index contributed by atoms with van der Waals surface area (Å²) in [5.41, 5.74) is 0.639. The summed E-state index contributed by atoms with van der Waals surface area (Å²) in [7, 11) is 1.55. The first-order chi connectivity index (χ1) is 13.5. The lowest BCUT2D eigenvalue weighted by Crippen LogP contribution is -2.50. The van der Waals surface area contributed by atoms with Crippen LogP contribution in [-0.2, 0) is 14.3 Å². The molecule has 2 aliphatic rings. The number of morpholine rings is 1. The van der Waals surface area contributed by atoms with E-state index in [0.29, 0.717) is 42.8 Å². The van der Waals surface area contributed by atoms with Crippen LogP contribution in [0.5, 0.6) is 5.75 Å². The number of carbonyl (C=O) groups excluding carboxylic acids is 2. The molecule has 1 atom stereocenters. The molecule has 7 nitrogen and oxygen atoms in total. The number of carbonyl (C=O) groups is 2. The Morgan fingerprint density at radius 2 is 1.89 bits per heavy atom. The standard InChI is InChI=1S/C20H28ClN3O4/c1-14(19(25)22-16-3-4-18(27-2)17(21)13-16)23-7-5-15(6-8-23)20(26)24-9-11-28-12-10-24/h3-4,13-15H,5-12H2,1-2H3,(H,22,25)/t14-/m0/s1. The third kappa shape index (κ3) is 4.96. The maximum atomic E-state index is 12.6. The molecule has 1 N–H and O–H groups in total. The molecule has 2 aliphatic heterocycles. The van der Waals surface area contributed by atoms with E-state index in [2.05, 4.69) is 10.2 Å². The molecule has 3 rings (SSSR count). The topological polar surface area (TPSA) is 71.1 Å². The van der Waals surface area contributed by atoms with Gasteiger partial charge in [0, 0.05) is 24.7 Å². The highest BCUT2D eigenvalue weighted by Crippen LogP contribution is 2.28. The van der Waals surface area contributed by atoms with Crippen LogP contribution in [0, 0.1) is 5.92 Å². The Bertz CT molecular complexity index is 701. The van der Waals surface area contributed by atoms with E-state index in [9.17, 15) is 9.59 Å². The highest BCUT2D eigenvalue weighted by molar-refractivity contribution is 6.32. The molecule has 2 amide bonds. The van der Waals surface area contributed by atoms with Crippen LogP contribution < -0.4 is 10.1 Å². The Morgan fingerprint density at radius 1 is 1.21 bits per heavy atom. The predicted octanol–water partition coefficient (Wildman–Crippen LogP) is 2.25. The van der Waals surface area contributed by atoms with Crippen molar-refractivity contribution in [2.75, 3.05) is 51.8 Å². The van der Waals surface area contributed by atoms with E-state index >= 15 is 0 Å². The van der Waals surface area contributed by atoms with E-state index in [4.69, 9.17) is 21.1 Å². The second-order valence-corrected chi connectivity index (χ2v) is 7.67. The fourth-order valence-electron chi connectivity index (χ4n) is 3.73. The molecule has 0 saturated carbocycles. The van der Waals surface area contributed by atoms with Gasteiger partial charge in [0.05, 0.1) is 31.4 Å². The van der Waals surface area contributed by atoms with Crippen molar-refractivity contribution in [1.29, 1.82) is 0 Å². The number of hydrogen-bond donors (Lipinski definition) is 1. The van der Waals surface area contributed by atoms with E-state index < -0.39 is 0 Å². The molecule has 8 heteroatoms. The lowest BCUT2D eigenvalue weighted by atomic mass is 9.94. The normalized spacial score (nSPS) is 19.9. The summed E-state index contributed by atoms with van der Waals surface area (Å²) >= 11 is 6.12. The zero-order valence-electron chi connectivity index (χ0n) is 16.4. The molecule has 0 unspecified atom stereocenters. The number of amides is 2. The van der Waals surface area contributed by atoms with Crippen molar-refractivity contribution in [3.05, 3.63) is 23.2 Å². The van der Waals surface area contributed by atoms with Gasteiger partial charge in [0.1, 0.15) is 5.75 Å². The summed E-state index contributed by atoms with van der Waals surface area (Å²) in [4.78, 5) is 29.3. The number of halogens is 1. The Kier molecular flexibility index (Phi) is 7.15. The lowest BCUT2D eigenvalue weighted by Gasteiger charge is -2.37. The van der Waals surface area contributed by atoms with Crippen LogP contribution in [0.3, 0.4) is 0 Å². The highest BCUT2D eigenvalue weighted by Gasteiger charge is 2.32. The number of ether oxygens (including phenoxy) is 2. The van der Waals surface area contributed by atoms with Gasteiger partial charge in [0.25, 0.3) is 0 Å². The second kappa shape index (κ2) is 9.58. The first-order valence-corrected chi connectivity index (χ1v) is 10.1. The lowest BCUT2D eigenvalue weighted by molar-refractivity contribution is -0.141. The van der Waals surface area contributed by atoms with Gasteiger partial charge in [-0.1, -0.05) is 11.6 Å². The molecule has 1 aromatic carbocycles. The Labute approximate surface area is 170 Å². The predicted molar refractivity (Wildman–Crippen MR) is 108 cm³/mol. The van der Waals surface area contributed by atoms with Crippen molar-refractivity contribution in [1.82, 2.24) is 9.80 Å². The molecule has 154 valence electrons. The number of benzene rings is 1. The van der Waals surface area contributed by atoms with Gasteiger partial charge in [-0.05, 0) is 51.1 Å². The largest absolute Gasteiger partial charge is 0.495 e. The van der Waals surface area contributed by atoms with Gasteiger partial charge >= 0.3 is 0 Å². The molecule has 28 heavy (non-hydrogen) atoms. The number of piperidine rings is 1. The number of hydrogen-bond acceptors (Lipinski definition) is 5. The van der Waals surface area contributed by atoms with Crippen molar-refractivity contribution in [3.63, 3.8) is 0 Å². The van der Waals surface area contributed by atoms with E-state index in [1.54, 1.807) is 25.3 Å². The van der Waals surface area contributed by atoms with Crippen molar-refractivity contribution >= 4 is 29.1 Å². The summed E-state index contributed by atoms with van der Waals surface area (Å²) in [5.74, 6) is 0.761. The van der Waals surface area contributed by atoms with Gasteiger partial charge in [-0.15, -0.1) is 0 Å². The molecule has 0 bridgehead atoms. The molecule has 0 aliphatic carbocycles. The minimum atomic E-state index is -0.277. The highest BCUT2D eigenvalue weighted by atomic mass is 35.5. The van der Waals surface area contributed by atoms with Crippen molar-refractivity contribution in [2.45, 2.75) is 25.8 Å². The van der Waals surface area contributed by atoms with Crippen molar-refractivity contribution in [3.8, 4) is 5.75 Å². The van der Waals surface area contributed by atoms with E-state index in [0.717, 1.165) is 25.9 Å². The van der Waals surface area contributed by atoms with Gasteiger partial charge in [-0.25, -0.2) is 0 Å². The third-order valence-electron chi connectivity index (χ3n) is 5.55. The molecular formula is C20H28ClN3O4. The van der Waals surface area contributed by atoms with Gasteiger partial charge in [-0.2, -0.15) is 0 Å². The maximum absolute atomic E-state index is 12.6. The van der Waals surface area contributed by atoms with Crippen LogP contribution in [0.1, 0.15) is 19.8 Å². The first-order valence-electron chi connectivity index (χ1n) is 9.74. The van der Waals surface area contributed by atoms with E-state index in [-0.39, 0.29) is 23.8 Å². The summed E-state index contributed by atoms with van der Waals surface area (Å²) in [6, 6.07) is 4.90. The molecule has 2 fully saturated rings. The smallest absolute Gasteiger partial charge is 0.241 e.